The highest BCUT2D eigenvalue weighted by atomic mass is 32.2. The van der Waals surface area contributed by atoms with Crippen LogP contribution in [0.3, 0.4) is 0 Å². The van der Waals surface area contributed by atoms with E-state index in [1.807, 2.05) is 4.90 Å². The standard InChI is InChI=1S/C21H28N4O4S/c26-19(24-13-5-1-2-6-14-24)11-12-22-21(27)17-9-7-15-25(17)20-16-8-3-4-10-18(16)30(28,29)23-20/h3-4,8,10,17H,1-2,5-7,9,11-15H2,(H,22,27)/t17-/m0/s1. The van der Waals surface area contributed by atoms with E-state index in [1.165, 1.54) is 12.8 Å². The van der Waals surface area contributed by atoms with Crippen LogP contribution in [0.1, 0.15) is 50.5 Å². The molecular formula is C21H28N4O4S. The smallest absolute Gasteiger partial charge is 0.285 e. The molecule has 162 valence electrons. The zero-order chi connectivity index (χ0) is 21.1. The SMILES string of the molecule is O=C(NCCC(=O)N1CCCCCC1)[C@@H]1CCCN1C1=NS(=O)(=O)c2ccccc21. The zero-order valence-corrected chi connectivity index (χ0v) is 17.9. The van der Waals surface area contributed by atoms with E-state index in [0.29, 0.717) is 30.9 Å². The van der Waals surface area contributed by atoms with Crippen LogP contribution in [-0.2, 0) is 19.6 Å². The molecule has 2 saturated heterocycles. The van der Waals surface area contributed by atoms with Crippen molar-refractivity contribution in [1.29, 1.82) is 0 Å². The molecule has 0 aromatic heterocycles. The summed E-state index contributed by atoms with van der Waals surface area (Å²) in [7, 11) is -3.72. The lowest BCUT2D eigenvalue weighted by atomic mass is 10.1. The van der Waals surface area contributed by atoms with E-state index < -0.39 is 16.1 Å². The second-order valence-electron chi connectivity index (χ2n) is 8.07. The van der Waals surface area contributed by atoms with Crippen LogP contribution >= 0.6 is 0 Å². The first-order valence-corrected chi connectivity index (χ1v) is 12.2. The molecule has 1 aromatic carbocycles. The first kappa shape index (κ1) is 20.8. The number of benzene rings is 1. The zero-order valence-electron chi connectivity index (χ0n) is 17.0. The molecule has 0 saturated carbocycles. The Labute approximate surface area is 177 Å². The molecule has 30 heavy (non-hydrogen) atoms. The number of carbonyl (C=O) groups excluding carboxylic acids is 2. The van der Waals surface area contributed by atoms with Gasteiger partial charge in [-0.15, -0.1) is 4.40 Å². The Balaban J connectivity index is 1.37. The molecule has 0 radical (unpaired) electrons. The molecule has 0 bridgehead atoms. The summed E-state index contributed by atoms with van der Waals surface area (Å²) in [4.78, 5) is 29.1. The van der Waals surface area contributed by atoms with Crippen molar-refractivity contribution in [3.05, 3.63) is 29.8 Å². The minimum Gasteiger partial charge on any atom is -0.354 e. The quantitative estimate of drug-likeness (QED) is 0.778. The number of carbonyl (C=O) groups is 2. The van der Waals surface area contributed by atoms with Gasteiger partial charge in [-0.05, 0) is 37.8 Å². The molecule has 1 N–H and O–H groups in total. The highest BCUT2D eigenvalue weighted by Crippen LogP contribution is 2.31. The molecular weight excluding hydrogens is 404 g/mol. The van der Waals surface area contributed by atoms with Gasteiger partial charge in [-0.1, -0.05) is 25.0 Å². The molecule has 3 heterocycles. The molecule has 0 aliphatic carbocycles. The summed E-state index contributed by atoms with van der Waals surface area (Å²) in [6, 6.07) is 6.24. The summed E-state index contributed by atoms with van der Waals surface area (Å²) >= 11 is 0. The number of nitrogens with one attached hydrogen (secondary N) is 1. The summed E-state index contributed by atoms with van der Waals surface area (Å²) in [5, 5.41) is 2.88. The molecule has 1 atom stereocenters. The van der Waals surface area contributed by atoms with Crippen molar-refractivity contribution in [2.45, 2.75) is 55.9 Å². The number of fused-ring (bicyclic) bond motifs is 1. The minimum atomic E-state index is -3.72. The maximum Gasteiger partial charge on any atom is 0.285 e. The molecule has 2 amide bonds. The predicted octanol–water partition coefficient (Wildman–Crippen LogP) is 1.51. The first-order chi connectivity index (χ1) is 14.5. The Hall–Kier alpha value is -2.42. The van der Waals surface area contributed by atoms with Crippen molar-refractivity contribution in [1.82, 2.24) is 15.1 Å². The van der Waals surface area contributed by atoms with Gasteiger partial charge in [0.15, 0.2) is 5.84 Å². The van der Waals surface area contributed by atoms with Crippen LogP contribution in [0.2, 0.25) is 0 Å². The van der Waals surface area contributed by atoms with Gasteiger partial charge in [0.1, 0.15) is 10.9 Å². The number of hydrogen-bond acceptors (Lipinski definition) is 5. The van der Waals surface area contributed by atoms with E-state index in [-0.39, 0.29) is 23.1 Å². The van der Waals surface area contributed by atoms with Crippen LogP contribution in [0.25, 0.3) is 0 Å². The fourth-order valence-corrected chi connectivity index (χ4v) is 5.69. The number of nitrogens with zero attached hydrogens (tertiary/aromatic N) is 3. The van der Waals surface area contributed by atoms with Crippen LogP contribution in [0, 0.1) is 0 Å². The van der Waals surface area contributed by atoms with Crippen molar-refractivity contribution in [2.75, 3.05) is 26.2 Å². The van der Waals surface area contributed by atoms with Crippen molar-refractivity contribution in [3.63, 3.8) is 0 Å². The number of sulfonamides is 1. The van der Waals surface area contributed by atoms with Gasteiger partial charge in [-0.25, -0.2) is 0 Å². The lowest BCUT2D eigenvalue weighted by molar-refractivity contribution is -0.131. The molecule has 1 aromatic rings. The van der Waals surface area contributed by atoms with E-state index in [0.717, 1.165) is 32.4 Å². The van der Waals surface area contributed by atoms with Crippen molar-refractivity contribution < 1.29 is 18.0 Å². The van der Waals surface area contributed by atoms with E-state index in [4.69, 9.17) is 0 Å². The summed E-state index contributed by atoms with van der Waals surface area (Å²) in [6.07, 6.45) is 6.13. The molecule has 0 unspecified atom stereocenters. The van der Waals surface area contributed by atoms with Crippen molar-refractivity contribution >= 4 is 27.7 Å². The maximum atomic E-state index is 12.8. The molecule has 0 spiro atoms. The molecule has 4 rings (SSSR count). The fraction of sp³-hybridized carbons (Fsp3) is 0.571. The molecule has 3 aliphatic rings. The molecule has 8 nitrogen and oxygen atoms in total. The molecule has 3 aliphatic heterocycles. The van der Waals surface area contributed by atoms with Gasteiger partial charge < -0.3 is 15.1 Å². The van der Waals surface area contributed by atoms with Crippen molar-refractivity contribution in [2.24, 2.45) is 4.40 Å². The summed E-state index contributed by atoms with van der Waals surface area (Å²) in [6.45, 7) is 2.47. The molecule has 9 heteroatoms. The lowest BCUT2D eigenvalue weighted by Gasteiger charge is -2.26. The van der Waals surface area contributed by atoms with E-state index in [2.05, 4.69) is 9.71 Å². The molecule has 2 fully saturated rings. The summed E-state index contributed by atoms with van der Waals surface area (Å²) < 4.78 is 28.7. The van der Waals surface area contributed by atoms with Gasteiger partial charge in [0.2, 0.25) is 11.8 Å². The first-order valence-electron chi connectivity index (χ1n) is 10.7. The average molecular weight is 433 g/mol. The Kier molecular flexibility index (Phi) is 6.08. The number of rotatable bonds is 4. The predicted molar refractivity (Wildman–Crippen MR) is 113 cm³/mol. The van der Waals surface area contributed by atoms with E-state index >= 15 is 0 Å². The minimum absolute atomic E-state index is 0.0840. The largest absolute Gasteiger partial charge is 0.354 e. The van der Waals surface area contributed by atoms with Gasteiger partial charge in [0.25, 0.3) is 10.0 Å². The lowest BCUT2D eigenvalue weighted by Crippen LogP contribution is -2.46. The van der Waals surface area contributed by atoms with Gasteiger partial charge in [-0.3, -0.25) is 9.59 Å². The van der Waals surface area contributed by atoms with Crippen LogP contribution in [0.5, 0.6) is 0 Å². The third-order valence-electron chi connectivity index (χ3n) is 6.04. The van der Waals surface area contributed by atoms with Crippen LogP contribution in [0.15, 0.2) is 33.6 Å². The van der Waals surface area contributed by atoms with E-state index in [9.17, 15) is 18.0 Å². The topological polar surface area (TPSA) is 99.2 Å². The second-order valence-corrected chi connectivity index (χ2v) is 9.65. The number of amidine groups is 1. The number of likely N-dealkylation sites (tertiary alicyclic amines) is 2. The highest BCUT2D eigenvalue weighted by Gasteiger charge is 2.39. The Bertz CT molecular complexity index is 952. The van der Waals surface area contributed by atoms with Gasteiger partial charge in [0, 0.05) is 38.2 Å². The maximum absolute atomic E-state index is 12.8. The van der Waals surface area contributed by atoms with Crippen LogP contribution < -0.4 is 5.32 Å². The number of hydrogen-bond donors (Lipinski definition) is 1. The number of amides is 2. The fourth-order valence-electron chi connectivity index (χ4n) is 4.48. The van der Waals surface area contributed by atoms with Gasteiger partial charge >= 0.3 is 0 Å². The Morgan fingerprint density at radius 1 is 1.03 bits per heavy atom. The van der Waals surface area contributed by atoms with Crippen LogP contribution in [0.4, 0.5) is 0 Å². The van der Waals surface area contributed by atoms with E-state index in [1.54, 1.807) is 29.2 Å². The van der Waals surface area contributed by atoms with Gasteiger partial charge in [0.05, 0.1) is 0 Å². The summed E-state index contributed by atoms with van der Waals surface area (Å²) in [5.74, 6) is 0.255. The Morgan fingerprint density at radius 2 is 1.77 bits per heavy atom. The van der Waals surface area contributed by atoms with Crippen molar-refractivity contribution in [3.8, 4) is 0 Å². The average Bonchev–Trinajstić information content (AvgIpc) is 3.20. The third kappa shape index (κ3) is 4.21. The Morgan fingerprint density at radius 3 is 2.53 bits per heavy atom. The normalized spacial score (nSPS) is 22.9. The van der Waals surface area contributed by atoms with Crippen LogP contribution in [-0.4, -0.2) is 68.1 Å². The second kappa shape index (κ2) is 8.75. The monoisotopic (exact) mass is 432 g/mol. The third-order valence-corrected chi connectivity index (χ3v) is 7.36. The highest BCUT2D eigenvalue weighted by molar-refractivity contribution is 7.90. The van der Waals surface area contributed by atoms with Gasteiger partial charge in [-0.2, -0.15) is 8.42 Å². The summed E-state index contributed by atoms with van der Waals surface area (Å²) in [5.41, 5.74) is 0.550.